The second-order valence-corrected chi connectivity index (χ2v) is 4.94. The van der Waals surface area contributed by atoms with E-state index in [-0.39, 0.29) is 11.8 Å². The van der Waals surface area contributed by atoms with Gasteiger partial charge in [-0.1, -0.05) is 12.1 Å². The minimum absolute atomic E-state index is 0.104. The van der Waals surface area contributed by atoms with Gasteiger partial charge in [0.2, 0.25) is 0 Å². The topological polar surface area (TPSA) is 88.1 Å². The summed E-state index contributed by atoms with van der Waals surface area (Å²) in [6.07, 6.45) is -0.391. The summed E-state index contributed by atoms with van der Waals surface area (Å²) in [6.45, 7) is 9.94. The Bertz CT molecular complexity index is 284. The SMILES string of the molecule is CCN(CC(C)C(N)=NO)C(=O)OC(C)(C)C. The van der Waals surface area contributed by atoms with E-state index in [1.807, 2.05) is 27.7 Å². The van der Waals surface area contributed by atoms with Gasteiger partial charge in [-0.15, -0.1) is 0 Å². The fourth-order valence-corrected chi connectivity index (χ4v) is 1.18. The van der Waals surface area contributed by atoms with E-state index < -0.39 is 11.7 Å². The molecule has 1 atom stereocenters. The number of carbonyl (C=O) groups is 1. The molecule has 0 saturated heterocycles. The van der Waals surface area contributed by atoms with Gasteiger partial charge in [0.1, 0.15) is 11.4 Å². The lowest BCUT2D eigenvalue weighted by Gasteiger charge is -2.28. The first kappa shape index (κ1) is 15.5. The molecule has 0 aliphatic carbocycles. The number of nitrogens with two attached hydrogens (primary N) is 1. The van der Waals surface area contributed by atoms with Crippen molar-refractivity contribution in [2.45, 2.75) is 40.2 Å². The Hall–Kier alpha value is -1.46. The van der Waals surface area contributed by atoms with Crippen LogP contribution < -0.4 is 5.73 Å². The Labute approximate surface area is 102 Å². The van der Waals surface area contributed by atoms with E-state index in [9.17, 15) is 4.79 Å². The van der Waals surface area contributed by atoms with E-state index in [4.69, 9.17) is 15.7 Å². The van der Waals surface area contributed by atoms with Crippen LogP contribution in [0.15, 0.2) is 5.16 Å². The zero-order valence-corrected chi connectivity index (χ0v) is 11.2. The molecular formula is C11H23N3O3. The zero-order valence-electron chi connectivity index (χ0n) is 11.2. The number of rotatable bonds is 4. The van der Waals surface area contributed by atoms with E-state index >= 15 is 0 Å². The van der Waals surface area contributed by atoms with Crippen LogP contribution in [0.4, 0.5) is 4.79 Å². The molecule has 1 amide bonds. The molecule has 17 heavy (non-hydrogen) atoms. The number of nitrogens with zero attached hydrogens (tertiary/aromatic N) is 2. The summed E-state index contributed by atoms with van der Waals surface area (Å²) in [5.74, 6) is -0.112. The molecule has 1 unspecified atom stereocenters. The maximum atomic E-state index is 11.8. The Morgan fingerprint density at radius 1 is 1.53 bits per heavy atom. The first-order chi connectivity index (χ1) is 7.71. The predicted octanol–water partition coefficient (Wildman–Crippen LogP) is 1.63. The van der Waals surface area contributed by atoms with Gasteiger partial charge in [-0.2, -0.15) is 0 Å². The second-order valence-electron chi connectivity index (χ2n) is 4.94. The highest BCUT2D eigenvalue weighted by Gasteiger charge is 2.23. The number of amides is 1. The van der Waals surface area contributed by atoms with Gasteiger partial charge >= 0.3 is 6.09 Å². The molecule has 0 rings (SSSR count). The van der Waals surface area contributed by atoms with E-state index in [2.05, 4.69) is 5.16 Å². The van der Waals surface area contributed by atoms with Gasteiger partial charge in [-0.05, 0) is 27.7 Å². The summed E-state index contributed by atoms with van der Waals surface area (Å²) in [4.78, 5) is 13.3. The summed E-state index contributed by atoms with van der Waals surface area (Å²) in [5.41, 5.74) is 4.94. The zero-order chi connectivity index (χ0) is 13.6. The molecule has 0 saturated carbocycles. The number of carbonyl (C=O) groups excluding carboxylic acids is 1. The van der Waals surface area contributed by atoms with Gasteiger partial charge < -0.3 is 20.6 Å². The molecule has 0 fully saturated rings. The third-order valence-corrected chi connectivity index (χ3v) is 2.15. The number of amidine groups is 1. The molecule has 0 aromatic rings. The lowest BCUT2D eigenvalue weighted by atomic mass is 10.1. The van der Waals surface area contributed by atoms with Crippen LogP contribution in [0.3, 0.4) is 0 Å². The number of ether oxygens (including phenoxy) is 1. The second kappa shape index (κ2) is 6.32. The van der Waals surface area contributed by atoms with Gasteiger partial charge in [-0.3, -0.25) is 0 Å². The minimum atomic E-state index is -0.523. The average Bonchev–Trinajstić information content (AvgIpc) is 2.21. The van der Waals surface area contributed by atoms with Crippen LogP contribution in [-0.2, 0) is 4.74 Å². The lowest BCUT2D eigenvalue weighted by Crippen LogP contribution is -2.41. The molecule has 0 aliphatic rings. The Morgan fingerprint density at radius 3 is 2.41 bits per heavy atom. The van der Waals surface area contributed by atoms with Crippen LogP contribution in [-0.4, -0.2) is 40.7 Å². The molecular weight excluding hydrogens is 222 g/mol. The monoisotopic (exact) mass is 245 g/mol. The predicted molar refractivity (Wildman–Crippen MR) is 66.1 cm³/mol. The van der Waals surface area contributed by atoms with Gasteiger partial charge in [0.25, 0.3) is 0 Å². The van der Waals surface area contributed by atoms with Crippen LogP contribution in [0.2, 0.25) is 0 Å². The van der Waals surface area contributed by atoms with Crippen molar-refractivity contribution in [1.82, 2.24) is 4.90 Å². The van der Waals surface area contributed by atoms with Crippen molar-refractivity contribution in [2.24, 2.45) is 16.8 Å². The Kier molecular flexibility index (Phi) is 5.78. The fraction of sp³-hybridized carbons (Fsp3) is 0.818. The minimum Gasteiger partial charge on any atom is -0.444 e. The van der Waals surface area contributed by atoms with E-state index in [1.54, 1.807) is 6.92 Å². The number of hydrogen-bond donors (Lipinski definition) is 2. The molecule has 0 aliphatic heterocycles. The van der Waals surface area contributed by atoms with Gasteiger partial charge in [0, 0.05) is 19.0 Å². The first-order valence-electron chi connectivity index (χ1n) is 5.66. The maximum Gasteiger partial charge on any atom is 0.410 e. The average molecular weight is 245 g/mol. The molecule has 0 heterocycles. The first-order valence-corrected chi connectivity index (χ1v) is 5.66. The van der Waals surface area contributed by atoms with Crippen molar-refractivity contribution in [2.75, 3.05) is 13.1 Å². The summed E-state index contributed by atoms with van der Waals surface area (Å²) < 4.78 is 5.25. The van der Waals surface area contributed by atoms with E-state index in [0.717, 1.165) is 0 Å². The van der Waals surface area contributed by atoms with E-state index in [1.165, 1.54) is 4.90 Å². The number of oxime groups is 1. The molecule has 0 bridgehead atoms. The van der Waals surface area contributed by atoms with Crippen molar-refractivity contribution in [3.63, 3.8) is 0 Å². The van der Waals surface area contributed by atoms with Crippen molar-refractivity contribution in [3.8, 4) is 0 Å². The normalized spacial score (nSPS) is 14.3. The highest BCUT2D eigenvalue weighted by molar-refractivity contribution is 5.82. The van der Waals surface area contributed by atoms with Crippen molar-refractivity contribution >= 4 is 11.9 Å². The van der Waals surface area contributed by atoms with Crippen molar-refractivity contribution in [1.29, 1.82) is 0 Å². The summed E-state index contributed by atoms with van der Waals surface area (Å²) >= 11 is 0. The molecule has 0 spiro atoms. The van der Waals surface area contributed by atoms with Crippen molar-refractivity contribution < 1.29 is 14.7 Å². The Balaban J connectivity index is 4.48. The summed E-state index contributed by atoms with van der Waals surface area (Å²) in [6, 6.07) is 0. The molecule has 6 nitrogen and oxygen atoms in total. The largest absolute Gasteiger partial charge is 0.444 e. The van der Waals surface area contributed by atoms with Crippen LogP contribution in [0.25, 0.3) is 0 Å². The van der Waals surface area contributed by atoms with Crippen LogP contribution in [0.1, 0.15) is 34.6 Å². The lowest BCUT2D eigenvalue weighted by molar-refractivity contribution is 0.0248. The van der Waals surface area contributed by atoms with E-state index in [0.29, 0.717) is 13.1 Å². The smallest absolute Gasteiger partial charge is 0.410 e. The highest BCUT2D eigenvalue weighted by Crippen LogP contribution is 2.11. The molecule has 6 heteroatoms. The standard InChI is InChI=1S/C11H23N3O3/c1-6-14(7-8(2)9(12)13-16)10(15)17-11(3,4)5/h8,16H,6-7H2,1-5H3,(H2,12,13). The third-order valence-electron chi connectivity index (χ3n) is 2.15. The molecule has 0 radical (unpaired) electrons. The summed E-state index contributed by atoms with van der Waals surface area (Å²) in [7, 11) is 0. The molecule has 0 aromatic carbocycles. The quantitative estimate of drug-likeness (QED) is 0.341. The van der Waals surface area contributed by atoms with Crippen LogP contribution >= 0.6 is 0 Å². The van der Waals surface area contributed by atoms with Gasteiger partial charge in [0.05, 0.1) is 0 Å². The maximum absolute atomic E-state index is 11.8. The highest BCUT2D eigenvalue weighted by atomic mass is 16.6. The molecule has 0 aromatic heterocycles. The van der Waals surface area contributed by atoms with Gasteiger partial charge in [-0.25, -0.2) is 4.79 Å². The summed E-state index contributed by atoms with van der Waals surface area (Å²) in [5, 5.41) is 11.5. The van der Waals surface area contributed by atoms with Gasteiger partial charge in [0.15, 0.2) is 0 Å². The Morgan fingerprint density at radius 2 is 2.06 bits per heavy atom. The molecule has 100 valence electrons. The van der Waals surface area contributed by atoms with Crippen molar-refractivity contribution in [3.05, 3.63) is 0 Å². The number of hydrogen-bond acceptors (Lipinski definition) is 4. The van der Waals surface area contributed by atoms with Crippen LogP contribution in [0.5, 0.6) is 0 Å². The molecule has 3 N–H and O–H groups in total. The third kappa shape index (κ3) is 5.99. The van der Waals surface area contributed by atoms with Crippen LogP contribution in [0, 0.1) is 5.92 Å². The fourth-order valence-electron chi connectivity index (χ4n) is 1.18.